The third-order valence-corrected chi connectivity index (χ3v) is 5.82. The van der Waals surface area contributed by atoms with E-state index in [1.54, 1.807) is 4.90 Å². The average Bonchev–Trinajstić information content (AvgIpc) is 3.16. The van der Waals surface area contributed by atoms with Gasteiger partial charge in [-0.1, -0.05) is 12.8 Å². The van der Waals surface area contributed by atoms with Crippen LogP contribution in [0.3, 0.4) is 0 Å². The van der Waals surface area contributed by atoms with Crippen LogP contribution in [0.1, 0.15) is 38.5 Å². The second-order valence-corrected chi connectivity index (χ2v) is 7.30. The molecule has 2 aliphatic heterocycles. The summed E-state index contributed by atoms with van der Waals surface area (Å²) in [5.74, 6) is 0.138. The summed E-state index contributed by atoms with van der Waals surface area (Å²) < 4.78 is 19.3. The van der Waals surface area contributed by atoms with E-state index in [1.165, 1.54) is 12.8 Å². The Kier molecular flexibility index (Phi) is 5.54. The molecule has 0 aromatic rings. The second kappa shape index (κ2) is 7.45. The van der Waals surface area contributed by atoms with Crippen molar-refractivity contribution in [3.05, 3.63) is 0 Å². The molecule has 0 spiro atoms. The van der Waals surface area contributed by atoms with Crippen LogP contribution >= 0.6 is 0 Å². The number of carbonyl (C=O) groups excluding carboxylic acids is 1. The topological polar surface area (TPSA) is 44.8 Å². The van der Waals surface area contributed by atoms with Crippen molar-refractivity contribution < 1.29 is 13.9 Å². The minimum Gasteiger partial charge on any atom is -0.379 e. The Hall–Kier alpha value is -0.720. The van der Waals surface area contributed by atoms with Crippen molar-refractivity contribution in [2.45, 2.75) is 56.3 Å². The average molecular weight is 327 g/mol. The molecule has 1 amide bonds. The Morgan fingerprint density at radius 3 is 2.65 bits per heavy atom. The molecule has 1 saturated carbocycles. The maximum atomic E-state index is 13.8. The van der Waals surface area contributed by atoms with E-state index < -0.39 is 6.17 Å². The predicted molar refractivity (Wildman–Crippen MR) is 87.1 cm³/mol. The molecule has 0 aromatic heterocycles. The SMILES string of the molecule is CNC[C@@H]1C[C@H](F)CN1C(=O)CC1(N2CCOCC2)CCCC1. The fourth-order valence-corrected chi connectivity index (χ4v) is 4.65. The van der Waals surface area contributed by atoms with Gasteiger partial charge >= 0.3 is 0 Å². The molecule has 2 heterocycles. The number of carbonyl (C=O) groups is 1. The van der Waals surface area contributed by atoms with Gasteiger partial charge in [-0.2, -0.15) is 0 Å². The van der Waals surface area contributed by atoms with E-state index in [0.29, 0.717) is 19.4 Å². The number of morpholine rings is 1. The number of ether oxygens (including phenoxy) is 1. The predicted octanol–water partition coefficient (Wildman–Crippen LogP) is 1.18. The van der Waals surface area contributed by atoms with Gasteiger partial charge in [-0.3, -0.25) is 9.69 Å². The number of nitrogens with zero attached hydrogens (tertiary/aromatic N) is 2. The number of likely N-dealkylation sites (N-methyl/N-ethyl adjacent to an activating group) is 1. The molecule has 5 nitrogen and oxygen atoms in total. The molecule has 3 fully saturated rings. The number of alkyl halides is 1. The van der Waals surface area contributed by atoms with E-state index in [9.17, 15) is 9.18 Å². The molecule has 23 heavy (non-hydrogen) atoms. The van der Waals surface area contributed by atoms with Crippen LogP contribution in [-0.2, 0) is 9.53 Å². The number of hydrogen-bond donors (Lipinski definition) is 1. The van der Waals surface area contributed by atoms with Gasteiger partial charge in [0.15, 0.2) is 0 Å². The van der Waals surface area contributed by atoms with Crippen LogP contribution in [0, 0.1) is 0 Å². The molecular formula is C17H30FN3O2. The first-order valence-electron chi connectivity index (χ1n) is 9.05. The van der Waals surface area contributed by atoms with Gasteiger partial charge in [-0.25, -0.2) is 4.39 Å². The van der Waals surface area contributed by atoms with Crippen molar-refractivity contribution in [2.24, 2.45) is 0 Å². The van der Waals surface area contributed by atoms with Crippen LogP contribution < -0.4 is 5.32 Å². The van der Waals surface area contributed by atoms with Gasteiger partial charge in [0.05, 0.1) is 19.8 Å². The standard InChI is InChI=1S/C17H30FN3O2/c1-19-12-15-10-14(18)13-21(15)16(22)11-17(4-2-3-5-17)20-6-8-23-9-7-20/h14-15,19H,2-13H2,1H3/t14-,15-/m0/s1. The lowest BCUT2D eigenvalue weighted by Gasteiger charge is -2.44. The zero-order valence-electron chi connectivity index (χ0n) is 14.2. The number of nitrogens with one attached hydrogen (secondary N) is 1. The molecule has 6 heteroatoms. The molecule has 0 unspecified atom stereocenters. The van der Waals surface area contributed by atoms with Crippen LogP contribution in [-0.4, -0.2) is 79.9 Å². The third kappa shape index (κ3) is 3.69. The first-order valence-corrected chi connectivity index (χ1v) is 9.05. The van der Waals surface area contributed by atoms with Gasteiger partial charge in [-0.15, -0.1) is 0 Å². The molecule has 3 rings (SSSR count). The van der Waals surface area contributed by atoms with Crippen molar-refractivity contribution >= 4 is 5.91 Å². The fourth-order valence-electron chi connectivity index (χ4n) is 4.65. The van der Waals surface area contributed by atoms with Crippen LogP contribution in [0.2, 0.25) is 0 Å². The molecule has 2 atom stereocenters. The molecule has 0 aromatic carbocycles. The third-order valence-electron chi connectivity index (χ3n) is 5.82. The molecule has 132 valence electrons. The van der Waals surface area contributed by atoms with Crippen molar-refractivity contribution in [2.75, 3.05) is 46.4 Å². The van der Waals surface area contributed by atoms with E-state index in [2.05, 4.69) is 10.2 Å². The summed E-state index contributed by atoms with van der Waals surface area (Å²) in [6.45, 7) is 4.29. The van der Waals surface area contributed by atoms with Gasteiger partial charge in [0.25, 0.3) is 0 Å². The zero-order valence-corrected chi connectivity index (χ0v) is 14.2. The minimum atomic E-state index is -0.875. The number of amides is 1. The first kappa shape index (κ1) is 17.1. The van der Waals surface area contributed by atoms with Crippen LogP contribution in [0.25, 0.3) is 0 Å². The Balaban J connectivity index is 1.68. The van der Waals surface area contributed by atoms with E-state index in [1.807, 2.05) is 7.05 Å². The second-order valence-electron chi connectivity index (χ2n) is 7.30. The largest absolute Gasteiger partial charge is 0.379 e. The van der Waals surface area contributed by atoms with Crippen LogP contribution in [0.15, 0.2) is 0 Å². The number of halogens is 1. The zero-order chi connectivity index (χ0) is 16.3. The highest BCUT2D eigenvalue weighted by Gasteiger charge is 2.44. The molecule has 2 saturated heterocycles. The van der Waals surface area contributed by atoms with Gasteiger partial charge in [0, 0.05) is 44.1 Å². The highest BCUT2D eigenvalue weighted by Crippen LogP contribution is 2.39. The monoisotopic (exact) mass is 327 g/mol. The van der Waals surface area contributed by atoms with Gasteiger partial charge in [0.1, 0.15) is 6.17 Å². The maximum Gasteiger partial charge on any atom is 0.224 e. The minimum absolute atomic E-state index is 0.00522. The lowest BCUT2D eigenvalue weighted by atomic mass is 9.89. The van der Waals surface area contributed by atoms with Crippen LogP contribution in [0.4, 0.5) is 4.39 Å². The van der Waals surface area contributed by atoms with Crippen molar-refractivity contribution in [1.82, 2.24) is 15.1 Å². The summed E-state index contributed by atoms with van der Waals surface area (Å²) in [6, 6.07) is 0.00522. The summed E-state index contributed by atoms with van der Waals surface area (Å²) in [5.41, 5.74) is -0.0144. The smallest absolute Gasteiger partial charge is 0.224 e. The van der Waals surface area contributed by atoms with Crippen molar-refractivity contribution in [3.8, 4) is 0 Å². The van der Waals surface area contributed by atoms with Crippen LogP contribution in [0.5, 0.6) is 0 Å². The van der Waals surface area contributed by atoms with Gasteiger partial charge in [-0.05, 0) is 19.9 Å². The summed E-state index contributed by atoms with van der Waals surface area (Å²) >= 11 is 0. The molecule has 1 N–H and O–H groups in total. The van der Waals surface area contributed by atoms with Gasteiger partial charge < -0.3 is 15.0 Å². The van der Waals surface area contributed by atoms with Crippen molar-refractivity contribution in [3.63, 3.8) is 0 Å². The normalized spacial score (nSPS) is 31.7. The number of rotatable bonds is 5. The van der Waals surface area contributed by atoms with E-state index in [4.69, 9.17) is 4.74 Å². The lowest BCUT2D eigenvalue weighted by Crippen LogP contribution is -2.55. The van der Waals surface area contributed by atoms with Gasteiger partial charge in [0.2, 0.25) is 5.91 Å². The Morgan fingerprint density at radius 2 is 2.00 bits per heavy atom. The van der Waals surface area contributed by atoms with Crippen molar-refractivity contribution in [1.29, 1.82) is 0 Å². The molecule has 1 aliphatic carbocycles. The molecular weight excluding hydrogens is 297 g/mol. The van der Waals surface area contributed by atoms with E-state index in [0.717, 1.165) is 39.1 Å². The highest BCUT2D eigenvalue weighted by atomic mass is 19.1. The van der Waals surface area contributed by atoms with E-state index in [-0.39, 0.29) is 24.0 Å². The fraction of sp³-hybridized carbons (Fsp3) is 0.941. The Morgan fingerprint density at radius 1 is 1.30 bits per heavy atom. The first-order chi connectivity index (χ1) is 11.1. The van der Waals surface area contributed by atoms with E-state index >= 15 is 0 Å². The summed E-state index contributed by atoms with van der Waals surface area (Å²) in [5, 5.41) is 3.09. The lowest BCUT2D eigenvalue weighted by molar-refractivity contribution is -0.136. The molecule has 0 radical (unpaired) electrons. The summed E-state index contributed by atoms with van der Waals surface area (Å²) in [4.78, 5) is 17.2. The number of likely N-dealkylation sites (tertiary alicyclic amines) is 1. The highest BCUT2D eigenvalue weighted by molar-refractivity contribution is 5.78. The summed E-state index contributed by atoms with van der Waals surface area (Å²) in [6.07, 6.45) is 4.69. The maximum absolute atomic E-state index is 13.8. The quantitative estimate of drug-likeness (QED) is 0.824. The Bertz CT molecular complexity index is 409. The number of hydrogen-bond acceptors (Lipinski definition) is 4. The molecule has 3 aliphatic rings. The summed E-state index contributed by atoms with van der Waals surface area (Å²) in [7, 11) is 1.86. The molecule has 0 bridgehead atoms. The Labute approximate surface area is 138 Å².